The van der Waals surface area contributed by atoms with Crippen LogP contribution in [-0.2, 0) is 13.2 Å². The van der Waals surface area contributed by atoms with Gasteiger partial charge >= 0.3 is 0 Å². The van der Waals surface area contributed by atoms with Crippen molar-refractivity contribution in [2.45, 2.75) is 33.1 Å². The number of halogens is 1. The van der Waals surface area contributed by atoms with Crippen LogP contribution in [0.25, 0.3) is 11.0 Å². The monoisotopic (exact) mass is 420 g/mol. The maximum absolute atomic E-state index is 13.0. The molecule has 0 aliphatic carbocycles. The lowest BCUT2D eigenvalue weighted by Crippen LogP contribution is -2.25. The van der Waals surface area contributed by atoms with Gasteiger partial charge in [-0.25, -0.2) is 9.37 Å². The number of nitrogens with zero attached hydrogens (tertiary/aromatic N) is 2. The standard InChI is InChI=1S/C25H25FN2O3/c1-17-7-12-24(18(2)13-17)31-16-25-27-22-5-3-4-6-23(22)28(25)14-20(29)15-30-21-10-8-19(26)9-11-21/h3-13,20,29H,14-16H2,1-2H3. The van der Waals surface area contributed by atoms with E-state index in [9.17, 15) is 9.50 Å². The first-order valence-electron chi connectivity index (χ1n) is 10.2. The molecule has 1 N–H and O–H groups in total. The van der Waals surface area contributed by atoms with Crippen LogP contribution < -0.4 is 9.47 Å². The molecule has 0 radical (unpaired) electrons. The number of para-hydroxylation sites is 2. The molecular formula is C25H25FN2O3. The van der Waals surface area contributed by atoms with Crippen molar-refractivity contribution in [3.8, 4) is 11.5 Å². The highest BCUT2D eigenvalue weighted by Gasteiger charge is 2.16. The van der Waals surface area contributed by atoms with E-state index in [2.05, 4.69) is 6.07 Å². The summed E-state index contributed by atoms with van der Waals surface area (Å²) in [5.74, 6) is 1.71. The molecule has 0 spiro atoms. The zero-order chi connectivity index (χ0) is 21.8. The first-order chi connectivity index (χ1) is 15.0. The number of aliphatic hydroxyl groups excluding tert-OH is 1. The molecule has 0 aliphatic heterocycles. The van der Waals surface area contributed by atoms with E-state index >= 15 is 0 Å². The van der Waals surface area contributed by atoms with Gasteiger partial charge in [0.05, 0.1) is 17.6 Å². The van der Waals surface area contributed by atoms with E-state index in [1.54, 1.807) is 0 Å². The average molecular weight is 420 g/mol. The number of hydrogen-bond donors (Lipinski definition) is 1. The Kier molecular flexibility index (Phi) is 6.18. The molecule has 6 heteroatoms. The van der Waals surface area contributed by atoms with Crippen LogP contribution in [0.1, 0.15) is 17.0 Å². The van der Waals surface area contributed by atoms with Crippen LogP contribution in [-0.4, -0.2) is 27.4 Å². The molecule has 0 saturated heterocycles. The Morgan fingerprint density at radius 2 is 1.77 bits per heavy atom. The minimum Gasteiger partial charge on any atom is -0.491 e. The molecule has 0 amide bonds. The van der Waals surface area contributed by atoms with Crippen LogP contribution in [0.2, 0.25) is 0 Å². The highest BCUT2D eigenvalue weighted by molar-refractivity contribution is 5.75. The first kappa shape index (κ1) is 20.9. The van der Waals surface area contributed by atoms with Gasteiger partial charge in [0.1, 0.15) is 42.5 Å². The number of rotatable bonds is 8. The third-order valence-electron chi connectivity index (χ3n) is 5.07. The molecule has 1 heterocycles. The molecule has 0 fully saturated rings. The minimum absolute atomic E-state index is 0.0789. The Morgan fingerprint density at radius 1 is 1.00 bits per heavy atom. The van der Waals surface area contributed by atoms with Gasteiger partial charge in [-0.05, 0) is 61.9 Å². The Labute approximate surface area is 180 Å². The maximum atomic E-state index is 13.0. The number of ether oxygens (including phenoxy) is 2. The number of benzene rings is 3. The maximum Gasteiger partial charge on any atom is 0.148 e. The van der Waals surface area contributed by atoms with Crippen LogP contribution in [0, 0.1) is 19.7 Å². The second-order valence-electron chi connectivity index (χ2n) is 7.60. The number of fused-ring (bicyclic) bond motifs is 1. The predicted molar refractivity (Wildman–Crippen MR) is 118 cm³/mol. The van der Waals surface area contributed by atoms with Gasteiger partial charge in [-0.3, -0.25) is 0 Å². The van der Waals surface area contributed by atoms with Gasteiger partial charge in [-0.15, -0.1) is 0 Å². The Hall–Kier alpha value is -3.38. The van der Waals surface area contributed by atoms with Crippen LogP contribution in [0.4, 0.5) is 4.39 Å². The van der Waals surface area contributed by atoms with Crippen molar-refractivity contribution < 1.29 is 19.0 Å². The van der Waals surface area contributed by atoms with Gasteiger partial charge in [0.25, 0.3) is 0 Å². The summed E-state index contributed by atoms with van der Waals surface area (Å²) in [5, 5.41) is 10.6. The summed E-state index contributed by atoms with van der Waals surface area (Å²) in [4.78, 5) is 4.70. The molecule has 31 heavy (non-hydrogen) atoms. The highest BCUT2D eigenvalue weighted by Crippen LogP contribution is 2.22. The largest absolute Gasteiger partial charge is 0.491 e. The fourth-order valence-corrected chi connectivity index (χ4v) is 3.53. The van der Waals surface area contributed by atoms with Crippen molar-refractivity contribution in [3.63, 3.8) is 0 Å². The van der Waals surface area contributed by atoms with E-state index < -0.39 is 6.10 Å². The van der Waals surface area contributed by atoms with Gasteiger partial charge in [0.2, 0.25) is 0 Å². The van der Waals surface area contributed by atoms with Gasteiger partial charge in [0.15, 0.2) is 0 Å². The Morgan fingerprint density at radius 3 is 2.55 bits per heavy atom. The zero-order valence-corrected chi connectivity index (χ0v) is 17.6. The van der Waals surface area contributed by atoms with E-state index in [1.807, 2.05) is 54.8 Å². The Balaban J connectivity index is 1.49. The van der Waals surface area contributed by atoms with Crippen molar-refractivity contribution in [3.05, 3.63) is 89.5 Å². The molecule has 4 rings (SSSR count). The van der Waals surface area contributed by atoms with Crippen molar-refractivity contribution in [1.82, 2.24) is 9.55 Å². The van der Waals surface area contributed by atoms with Crippen molar-refractivity contribution >= 4 is 11.0 Å². The van der Waals surface area contributed by atoms with Crippen LogP contribution in [0.5, 0.6) is 11.5 Å². The molecule has 1 aromatic heterocycles. The molecule has 1 atom stereocenters. The zero-order valence-electron chi connectivity index (χ0n) is 17.6. The summed E-state index contributed by atoms with van der Waals surface area (Å²) in [6, 6.07) is 19.6. The van der Waals surface area contributed by atoms with Crippen molar-refractivity contribution in [2.75, 3.05) is 6.61 Å². The third kappa shape index (κ3) is 5.03. The van der Waals surface area contributed by atoms with Crippen LogP contribution >= 0.6 is 0 Å². The van der Waals surface area contributed by atoms with Gasteiger partial charge in [0, 0.05) is 0 Å². The fourth-order valence-electron chi connectivity index (χ4n) is 3.53. The average Bonchev–Trinajstić information content (AvgIpc) is 3.10. The highest BCUT2D eigenvalue weighted by atomic mass is 19.1. The van der Waals surface area contributed by atoms with E-state index in [0.29, 0.717) is 12.3 Å². The SMILES string of the molecule is Cc1ccc(OCc2nc3ccccc3n2CC(O)COc2ccc(F)cc2)c(C)c1. The lowest BCUT2D eigenvalue weighted by molar-refractivity contribution is 0.0917. The number of hydrogen-bond acceptors (Lipinski definition) is 4. The van der Waals surface area contributed by atoms with E-state index in [4.69, 9.17) is 14.5 Å². The smallest absolute Gasteiger partial charge is 0.148 e. The summed E-state index contributed by atoms with van der Waals surface area (Å²) in [7, 11) is 0. The Bertz CT molecular complexity index is 1170. The molecule has 1 unspecified atom stereocenters. The molecule has 4 aromatic rings. The summed E-state index contributed by atoms with van der Waals surface area (Å²) in [6.07, 6.45) is -0.775. The number of aromatic nitrogens is 2. The number of aryl methyl sites for hydroxylation is 2. The van der Waals surface area contributed by atoms with E-state index in [1.165, 1.54) is 29.8 Å². The van der Waals surface area contributed by atoms with E-state index in [0.717, 1.165) is 28.2 Å². The topological polar surface area (TPSA) is 56.5 Å². The summed E-state index contributed by atoms with van der Waals surface area (Å²) in [6.45, 7) is 4.72. The van der Waals surface area contributed by atoms with Crippen LogP contribution in [0.3, 0.4) is 0 Å². The van der Waals surface area contributed by atoms with Gasteiger partial charge < -0.3 is 19.1 Å². The molecule has 3 aromatic carbocycles. The van der Waals surface area contributed by atoms with Crippen molar-refractivity contribution in [1.29, 1.82) is 0 Å². The minimum atomic E-state index is -0.775. The second-order valence-corrected chi connectivity index (χ2v) is 7.60. The lowest BCUT2D eigenvalue weighted by Gasteiger charge is -2.16. The van der Waals surface area contributed by atoms with Gasteiger partial charge in [-0.2, -0.15) is 0 Å². The molecule has 5 nitrogen and oxygen atoms in total. The second kappa shape index (κ2) is 9.18. The number of imidazole rings is 1. The summed E-state index contributed by atoms with van der Waals surface area (Å²) in [5.41, 5.74) is 4.01. The third-order valence-corrected chi connectivity index (χ3v) is 5.07. The summed E-state index contributed by atoms with van der Waals surface area (Å²) >= 11 is 0. The normalized spacial score (nSPS) is 12.1. The molecule has 0 saturated carbocycles. The predicted octanol–water partition coefficient (Wildman–Crippen LogP) is 4.81. The first-order valence-corrected chi connectivity index (χ1v) is 10.2. The number of aliphatic hydroxyl groups is 1. The molecular weight excluding hydrogens is 395 g/mol. The van der Waals surface area contributed by atoms with Gasteiger partial charge in [-0.1, -0.05) is 29.8 Å². The lowest BCUT2D eigenvalue weighted by atomic mass is 10.1. The molecule has 160 valence electrons. The summed E-state index contributed by atoms with van der Waals surface area (Å²) < 4.78 is 26.6. The fraction of sp³-hybridized carbons (Fsp3) is 0.240. The molecule has 0 aliphatic rings. The van der Waals surface area contributed by atoms with E-state index in [-0.39, 0.29) is 19.0 Å². The van der Waals surface area contributed by atoms with Crippen LogP contribution in [0.15, 0.2) is 66.7 Å². The molecule has 0 bridgehead atoms. The quantitative estimate of drug-likeness (QED) is 0.444. The van der Waals surface area contributed by atoms with Crippen molar-refractivity contribution in [2.24, 2.45) is 0 Å².